The van der Waals surface area contributed by atoms with E-state index in [4.69, 9.17) is 10.5 Å². The lowest BCUT2D eigenvalue weighted by molar-refractivity contribution is 0.0914. The SMILES string of the molecule is COc1cccc(-c2cc3n(c2-c2cccc(C)c2)C(CCN)CNC3=O)c1.Cl. The van der Waals surface area contributed by atoms with Gasteiger partial charge >= 0.3 is 0 Å². The molecule has 0 aliphatic carbocycles. The van der Waals surface area contributed by atoms with Crippen LogP contribution in [-0.4, -0.2) is 30.7 Å². The largest absolute Gasteiger partial charge is 0.497 e. The summed E-state index contributed by atoms with van der Waals surface area (Å²) in [6.45, 7) is 3.24. The van der Waals surface area contributed by atoms with Gasteiger partial charge in [-0.15, -0.1) is 12.4 Å². The fourth-order valence-electron chi connectivity index (χ4n) is 3.99. The molecule has 152 valence electrons. The molecule has 1 aliphatic heterocycles. The summed E-state index contributed by atoms with van der Waals surface area (Å²) in [7, 11) is 1.66. The molecule has 3 aromatic rings. The molecule has 0 bridgehead atoms. The minimum atomic E-state index is -0.0451. The predicted octanol–water partition coefficient (Wildman–Crippen LogP) is 4.19. The summed E-state index contributed by atoms with van der Waals surface area (Å²) >= 11 is 0. The zero-order chi connectivity index (χ0) is 19.7. The highest BCUT2D eigenvalue weighted by Crippen LogP contribution is 2.40. The van der Waals surface area contributed by atoms with Crippen LogP contribution < -0.4 is 15.8 Å². The molecule has 29 heavy (non-hydrogen) atoms. The summed E-state index contributed by atoms with van der Waals surface area (Å²) in [5.74, 6) is 0.746. The lowest BCUT2D eigenvalue weighted by atomic mass is 9.99. The average molecular weight is 412 g/mol. The molecule has 0 fully saturated rings. The molecule has 2 aromatic carbocycles. The Morgan fingerprint density at radius 3 is 2.62 bits per heavy atom. The number of rotatable bonds is 5. The molecule has 2 heterocycles. The third-order valence-electron chi connectivity index (χ3n) is 5.30. The highest BCUT2D eigenvalue weighted by Gasteiger charge is 2.30. The number of hydrogen-bond donors (Lipinski definition) is 2. The van der Waals surface area contributed by atoms with Crippen LogP contribution in [0.2, 0.25) is 0 Å². The van der Waals surface area contributed by atoms with Gasteiger partial charge in [0.05, 0.1) is 18.8 Å². The molecule has 3 N–H and O–H groups in total. The zero-order valence-electron chi connectivity index (χ0n) is 16.6. The number of carbonyl (C=O) groups excluding carboxylic acids is 1. The first-order valence-corrected chi connectivity index (χ1v) is 9.57. The maximum absolute atomic E-state index is 12.7. The van der Waals surface area contributed by atoms with E-state index in [0.717, 1.165) is 34.6 Å². The number of benzene rings is 2. The van der Waals surface area contributed by atoms with Crippen LogP contribution in [0.1, 0.15) is 28.5 Å². The summed E-state index contributed by atoms with van der Waals surface area (Å²) in [6.07, 6.45) is 0.804. The van der Waals surface area contributed by atoms with Gasteiger partial charge in [0.2, 0.25) is 0 Å². The van der Waals surface area contributed by atoms with Crippen molar-refractivity contribution in [1.29, 1.82) is 0 Å². The van der Waals surface area contributed by atoms with Crippen LogP contribution in [-0.2, 0) is 0 Å². The topological polar surface area (TPSA) is 69.3 Å². The second kappa shape index (κ2) is 8.72. The van der Waals surface area contributed by atoms with Crippen LogP contribution in [0.3, 0.4) is 0 Å². The number of nitrogens with two attached hydrogens (primary N) is 1. The van der Waals surface area contributed by atoms with Crippen molar-refractivity contribution in [3.05, 3.63) is 65.9 Å². The lowest BCUT2D eigenvalue weighted by Gasteiger charge is -2.28. The second-order valence-electron chi connectivity index (χ2n) is 7.20. The molecule has 0 spiro atoms. The standard InChI is InChI=1S/C23H25N3O2.ClH/c1-15-5-3-7-17(11-15)22-20(16-6-4-8-19(12-16)28-2)13-21-23(27)25-14-18(9-10-24)26(21)22;/h3-8,11-13,18H,9-10,14,24H2,1-2H3,(H,25,27);1H. The van der Waals surface area contributed by atoms with E-state index in [2.05, 4.69) is 47.1 Å². The van der Waals surface area contributed by atoms with Gasteiger partial charge in [0.15, 0.2) is 0 Å². The maximum atomic E-state index is 12.7. The quantitative estimate of drug-likeness (QED) is 0.661. The third-order valence-corrected chi connectivity index (χ3v) is 5.30. The van der Waals surface area contributed by atoms with Gasteiger partial charge in [0, 0.05) is 12.1 Å². The molecule has 4 rings (SSSR count). The Labute approximate surface area is 177 Å². The Morgan fingerprint density at radius 1 is 1.14 bits per heavy atom. The molecule has 6 heteroatoms. The van der Waals surface area contributed by atoms with Gasteiger partial charge < -0.3 is 20.4 Å². The monoisotopic (exact) mass is 411 g/mol. The maximum Gasteiger partial charge on any atom is 0.268 e. The number of carbonyl (C=O) groups is 1. The van der Waals surface area contributed by atoms with Gasteiger partial charge in [-0.3, -0.25) is 4.79 Å². The fraction of sp³-hybridized carbons (Fsp3) is 0.261. The van der Waals surface area contributed by atoms with E-state index < -0.39 is 0 Å². The number of aromatic nitrogens is 1. The van der Waals surface area contributed by atoms with E-state index >= 15 is 0 Å². The van der Waals surface area contributed by atoms with Gasteiger partial charge in [-0.2, -0.15) is 0 Å². The number of nitrogens with zero attached hydrogens (tertiary/aromatic N) is 1. The van der Waals surface area contributed by atoms with Crippen molar-refractivity contribution in [3.8, 4) is 28.1 Å². The van der Waals surface area contributed by atoms with Crippen molar-refractivity contribution in [2.24, 2.45) is 5.73 Å². The van der Waals surface area contributed by atoms with Gasteiger partial charge in [0.1, 0.15) is 11.4 Å². The summed E-state index contributed by atoms with van der Waals surface area (Å²) in [4.78, 5) is 12.7. The molecule has 1 aromatic heterocycles. The minimum Gasteiger partial charge on any atom is -0.497 e. The lowest BCUT2D eigenvalue weighted by Crippen LogP contribution is -2.39. The van der Waals surface area contributed by atoms with E-state index in [1.54, 1.807) is 7.11 Å². The molecule has 1 atom stereocenters. The van der Waals surface area contributed by atoms with Crippen molar-refractivity contribution in [1.82, 2.24) is 9.88 Å². The number of amides is 1. The van der Waals surface area contributed by atoms with E-state index in [0.29, 0.717) is 18.8 Å². The first kappa shape index (κ1) is 21.0. The van der Waals surface area contributed by atoms with E-state index in [1.165, 1.54) is 5.56 Å². The second-order valence-corrected chi connectivity index (χ2v) is 7.20. The molecule has 0 saturated carbocycles. The van der Waals surface area contributed by atoms with Crippen LogP contribution in [0, 0.1) is 6.92 Å². The smallest absolute Gasteiger partial charge is 0.268 e. The highest BCUT2D eigenvalue weighted by molar-refractivity contribution is 5.98. The molecule has 0 radical (unpaired) electrons. The van der Waals surface area contributed by atoms with Gasteiger partial charge in [0.25, 0.3) is 5.91 Å². The Bertz CT molecular complexity index is 1030. The Hall–Kier alpha value is -2.76. The van der Waals surface area contributed by atoms with E-state index in [-0.39, 0.29) is 24.4 Å². The summed E-state index contributed by atoms with van der Waals surface area (Å²) in [5.41, 5.74) is 11.9. The number of nitrogens with one attached hydrogen (secondary N) is 1. The molecule has 1 amide bonds. The van der Waals surface area contributed by atoms with Crippen molar-refractivity contribution >= 4 is 18.3 Å². The van der Waals surface area contributed by atoms with Crippen molar-refractivity contribution in [2.75, 3.05) is 20.2 Å². The number of aryl methyl sites for hydroxylation is 1. The van der Waals surface area contributed by atoms with Crippen molar-refractivity contribution < 1.29 is 9.53 Å². The van der Waals surface area contributed by atoms with Crippen LogP contribution >= 0.6 is 12.4 Å². The van der Waals surface area contributed by atoms with Crippen LogP contribution in [0.15, 0.2) is 54.6 Å². The number of methoxy groups -OCH3 is 1. The molecular formula is C23H26ClN3O2. The van der Waals surface area contributed by atoms with Crippen LogP contribution in [0.4, 0.5) is 0 Å². The summed E-state index contributed by atoms with van der Waals surface area (Å²) in [5, 5.41) is 3.01. The number of ether oxygens (including phenoxy) is 1. The number of halogens is 1. The summed E-state index contributed by atoms with van der Waals surface area (Å²) < 4.78 is 7.60. The average Bonchev–Trinajstić information content (AvgIpc) is 3.12. The highest BCUT2D eigenvalue weighted by atomic mass is 35.5. The van der Waals surface area contributed by atoms with E-state index in [9.17, 15) is 4.79 Å². The molecule has 1 unspecified atom stereocenters. The Balaban J connectivity index is 0.00000240. The van der Waals surface area contributed by atoms with Gasteiger partial charge in [-0.1, -0.05) is 35.9 Å². The fourth-order valence-corrected chi connectivity index (χ4v) is 3.99. The normalized spacial score (nSPS) is 15.3. The third kappa shape index (κ3) is 3.88. The number of fused-ring (bicyclic) bond motifs is 1. The van der Waals surface area contributed by atoms with Gasteiger partial charge in [-0.25, -0.2) is 0 Å². The van der Waals surface area contributed by atoms with Crippen LogP contribution in [0.25, 0.3) is 22.4 Å². The Morgan fingerprint density at radius 2 is 1.90 bits per heavy atom. The van der Waals surface area contributed by atoms with Crippen molar-refractivity contribution in [2.45, 2.75) is 19.4 Å². The minimum absolute atomic E-state index is 0. The Kier molecular flexibility index (Phi) is 6.30. The molecule has 1 aliphatic rings. The summed E-state index contributed by atoms with van der Waals surface area (Å²) in [6, 6.07) is 18.5. The molecule has 0 saturated heterocycles. The van der Waals surface area contributed by atoms with E-state index in [1.807, 2.05) is 24.3 Å². The number of hydrogen-bond acceptors (Lipinski definition) is 3. The van der Waals surface area contributed by atoms with Crippen LogP contribution in [0.5, 0.6) is 5.75 Å². The predicted molar refractivity (Wildman–Crippen MR) is 119 cm³/mol. The molecule has 5 nitrogen and oxygen atoms in total. The first-order valence-electron chi connectivity index (χ1n) is 9.57. The zero-order valence-corrected chi connectivity index (χ0v) is 17.5. The molecular weight excluding hydrogens is 386 g/mol. The first-order chi connectivity index (χ1) is 13.6. The van der Waals surface area contributed by atoms with Gasteiger partial charge in [-0.05, 0) is 55.3 Å². The van der Waals surface area contributed by atoms with Crippen molar-refractivity contribution in [3.63, 3.8) is 0 Å².